The average Bonchev–Trinajstić information content (AvgIpc) is 3.20. The Bertz CT molecular complexity index is 893. The number of nitrogens with zero attached hydrogens (tertiary/aromatic N) is 3. The second kappa shape index (κ2) is 8.79. The first-order valence-electron chi connectivity index (χ1n) is 8.40. The van der Waals surface area contributed by atoms with Crippen molar-refractivity contribution in [2.24, 2.45) is 0 Å². The number of aryl methyl sites for hydroxylation is 1. The van der Waals surface area contributed by atoms with Gasteiger partial charge >= 0.3 is 0 Å². The first kappa shape index (κ1) is 18.4. The maximum absolute atomic E-state index is 12.0. The van der Waals surface area contributed by atoms with Crippen LogP contribution in [0, 0.1) is 0 Å². The lowest BCUT2D eigenvalue weighted by molar-refractivity contribution is -0.121. The molecule has 27 heavy (non-hydrogen) atoms. The highest BCUT2D eigenvalue weighted by Crippen LogP contribution is 2.20. The third kappa shape index (κ3) is 5.04. The average molecular weight is 368 g/mol. The van der Waals surface area contributed by atoms with Crippen molar-refractivity contribution in [3.63, 3.8) is 0 Å². The molecule has 140 valence electrons. The van der Waals surface area contributed by atoms with Crippen molar-refractivity contribution in [1.82, 2.24) is 20.4 Å². The van der Waals surface area contributed by atoms with E-state index in [1.165, 1.54) is 0 Å². The minimum Gasteiger partial charge on any atom is -0.497 e. The maximum Gasteiger partial charge on any atom is 0.227 e. The van der Waals surface area contributed by atoms with Crippen LogP contribution in [0.4, 0.5) is 0 Å². The highest BCUT2D eigenvalue weighted by molar-refractivity contribution is 5.76. The number of pyridine rings is 1. The number of carbonyl (C=O) groups is 1. The molecule has 1 amide bonds. The predicted octanol–water partition coefficient (Wildman–Crippen LogP) is 2.40. The smallest absolute Gasteiger partial charge is 0.227 e. The number of ether oxygens (including phenoxy) is 2. The summed E-state index contributed by atoms with van der Waals surface area (Å²) < 4.78 is 15.4. The van der Waals surface area contributed by atoms with Gasteiger partial charge in [-0.2, -0.15) is 4.98 Å². The molecule has 8 heteroatoms. The first-order valence-corrected chi connectivity index (χ1v) is 8.40. The third-order valence-electron chi connectivity index (χ3n) is 3.88. The van der Waals surface area contributed by atoms with Gasteiger partial charge in [0.2, 0.25) is 23.5 Å². The normalized spacial score (nSPS) is 10.4. The Labute approximate surface area is 156 Å². The number of aromatic nitrogens is 3. The topological polar surface area (TPSA) is 99.4 Å². The molecule has 1 N–H and O–H groups in total. The zero-order valence-electron chi connectivity index (χ0n) is 15.1. The lowest BCUT2D eigenvalue weighted by atomic mass is 10.2. The number of nitrogens with one attached hydrogen (secondary N) is 1. The molecule has 0 aliphatic carbocycles. The Balaban J connectivity index is 1.49. The maximum atomic E-state index is 12.0. The van der Waals surface area contributed by atoms with Gasteiger partial charge in [-0.15, -0.1) is 0 Å². The molecule has 3 rings (SSSR count). The summed E-state index contributed by atoms with van der Waals surface area (Å²) in [7, 11) is 3.16. The molecule has 0 spiro atoms. The second-order valence-corrected chi connectivity index (χ2v) is 5.72. The standard InChI is InChI=1S/C19H20N4O4/c1-25-15-5-3-14(4-6-15)19-22-17(27-23-19)8-7-16(24)21-12-13-9-10-20-18(11-13)26-2/h3-6,9-11H,7-8,12H2,1-2H3,(H,21,24). The number of hydrogen-bond donors (Lipinski definition) is 1. The van der Waals surface area contributed by atoms with Gasteiger partial charge in [0, 0.05) is 37.2 Å². The summed E-state index contributed by atoms with van der Waals surface area (Å²) in [5.41, 5.74) is 1.73. The van der Waals surface area contributed by atoms with Crippen LogP contribution in [0.15, 0.2) is 47.1 Å². The van der Waals surface area contributed by atoms with Crippen LogP contribution in [0.5, 0.6) is 11.6 Å². The summed E-state index contributed by atoms with van der Waals surface area (Å²) in [6.45, 7) is 0.401. The summed E-state index contributed by atoms with van der Waals surface area (Å²) >= 11 is 0. The second-order valence-electron chi connectivity index (χ2n) is 5.72. The molecule has 8 nitrogen and oxygen atoms in total. The van der Waals surface area contributed by atoms with E-state index in [0.717, 1.165) is 16.9 Å². The summed E-state index contributed by atoms with van der Waals surface area (Å²) in [6, 6.07) is 11.0. The molecule has 0 saturated carbocycles. The van der Waals surface area contributed by atoms with E-state index in [1.54, 1.807) is 26.5 Å². The Hall–Kier alpha value is -3.42. The van der Waals surface area contributed by atoms with E-state index in [2.05, 4.69) is 20.4 Å². The Morgan fingerprint density at radius 2 is 1.96 bits per heavy atom. The van der Waals surface area contributed by atoms with Crippen LogP contribution in [0.1, 0.15) is 17.9 Å². The summed E-state index contributed by atoms with van der Waals surface area (Å²) in [5.74, 6) is 2.07. The molecule has 0 atom stereocenters. The number of benzene rings is 1. The van der Waals surface area contributed by atoms with Crippen LogP contribution >= 0.6 is 0 Å². The number of hydrogen-bond acceptors (Lipinski definition) is 7. The van der Waals surface area contributed by atoms with Crippen molar-refractivity contribution < 1.29 is 18.8 Å². The van der Waals surface area contributed by atoms with Gasteiger partial charge < -0.3 is 19.3 Å². The Morgan fingerprint density at radius 1 is 1.15 bits per heavy atom. The van der Waals surface area contributed by atoms with Crippen LogP contribution in [0.25, 0.3) is 11.4 Å². The monoisotopic (exact) mass is 368 g/mol. The van der Waals surface area contributed by atoms with Gasteiger partial charge in [-0.25, -0.2) is 4.98 Å². The minimum atomic E-state index is -0.102. The highest BCUT2D eigenvalue weighted by atomic mass is 16.5. The molecule has 1 aromatic carbocycles. The van der Waals surface area contributed by atoms with Gasteiger partial charge in [0.1, 0.15) is 5.75 Å². The number of methoxy groups -OCH3 is 2. The van der Waals surface area contributed by atoms with E-state index in [1.807, 2.05) is 30.3 Å². The van der Waals surface area contributed by atoms with Crippen molar-refractivity contribution in [3.05, 3.63) is 54.0 Å². The van der Waals surface area contributed by atoms with Crippen LogP contribution in [-0.4, -0.2) is 35.3 Å². The Kier molecular flexibility index (Phi) is 5.98. The van der Waals surface area contributed by atoms with E-state index >= 15 is 0 Å². The third-order valence-corrected chi connectivity index (χ3v) is 3.88. The lowest BCUT2D eigenvalue weighted by Crippen LogP contribution is -2.23. The van der Waals surface area contributed by atoms with Gasteiger partial charge in [-0.3, -0.25) is 4.79 Å². The fraction of sp³-hybridized carbons (Fsp3) is 0.263. The van der Waals surface area contributed by atoms with Gasteiger partial charge in [0.25, 0.3) is 0 Å². The van der Waals surface area contributed by atoms with Crippen LogP contribution in [-0.2, 0) is 17.8 Å². The summed E-state index contributed by atoms with van der Waals surface area (Å²) in [5, 5.41) is 6.80. The van der Waals surface area contributed by atoms with E-state index in [0.29, 0.717) is 30.6 Å². The zero-order chi connectivity index (χ0) is 19.1. The van der Waals surface area contributed by atoms with E-state index in [4.69, 9.17) is 14.0 Å². The highest BCUT2D eigenvalue weighted by Gasteiger charge is 2.11. The van der Waals surface area contributed by atoms with Gasteiger partial charge in [0.15, 0.2) is 0 Å². The molecule has 0 radical (unpaired) electrons. The summed E-state index contributed by atoms with van der Waals surface area (Å²) in [4.78, 5) is 20.4. The quantitative estimate of drug-likeness (QED) is 0.652. The van der Waals surface area contributed by atoms with E-state index in [-0.39, 0.29) is 12.3 Å². The Morgan fingerprint density at radius 3 is 2.70 bits per heavy atom. The molecule has 0 aliphatic heterocycles. The molecule has 0 bridgehead atoms. The molecular formula is C19H20N4O4. The van der Waals surface area contributed by atoms with Crippen molar-refractivity contribution in [2.75, 3.05) is 14.2 Å². The first-order chi connectivity index (χ1) is 13.2. The largest absolute Gasteiger partial charge is 0.497 e. The van der Waals surface area contributed by atoms with Crippen molar-refractivity contribution >= 4 is 5.91 Å². The minimum absolute atomic E-state index is 0.102. The van der Waals surface area contributed by atoms with E-state index in [9.17, 15) is 4.79 Å². The van der Waals surface area contributed by atoms with Crippen molar-refractivity contribution in [2.45, 2.75) is 19.4 Å². The van der Waals surface area contributed by atoms with E-state index < -0.39 is 0 Å². The number of rotatable bonds is 8. The zero-order valence-corrected chi connectivity index (χ0v) is 15.1. The lowest BCUT2D eigenvalue weighted by Gasteiger charge is -2.05. The molecule has 2 heterocycles. The molecule has 0 saturated heterocycles. The van der Waals surface area contributed by atoms with Gasteiger partial charge in [0.05, 0.1) is 14.2 Å². The summed E-state index contributed by atoms with van der Waals surface area (Å²) in [6.07, 6.45) is 2.26. The fourth-order valence-electron chi connectivity index (χ4n) is 2.40. The molecule has 0 fully saturated rings. The van der Waals surface area contributed by atoms with Crippen molar-refractivity contribution in [3.8, 4) is 23.0 Å². The molecule has 0 unspecified atom stereocenters. The van der Waals surface area contributed by atoms with Gasteiger partial charge in [-0.05, 0) is 35.9 Å². The van der Waals surface area contributed by atoms with Gasteiger partial charge in [-0.1, -0.05) is 5.16 Å². The predicted molar refractivity (Wildman–Crippen MR) is 97.2 cm³/mol. The van der Waals surface area contributed by atoms with Crippen LogP contribution in [0.3, 0.4) is 0 Å². The SMILES string of the molecule is COc1ccc(-c2noc(CCC(=O)NCc3ccnc(OC)c3)n2)cc1. The molecule has 0 aliphatic rings. The molecular weight excluding hydrogens is 348 g/mol. The number of carbonyl (C=O) groups excluding carboxylic acids is 1. The van der Waals surface area contributed by atoms with Crippen LogP contribution < -0.4 is 14.8 Å². The van der Waals surface area contributed by atoms with Crippen LogP contribution in [0.2, 0.25) is 0 Å². The number of amides is 1. The fourth-order valence-corrected chi connectivity index (χ4v) is 2.40. The van der Waals surface area contributed by atoms with Crippen molar-refractivity contribution in [1.29, 1.82) is 0 Å². The molecule has 3 aromatic rings. The molecule has 2 aromatic heterocycles.